The number of benzene rings is 1. The van der Waals surface area contributed by atoms with Crippen LogP contribution in [0, 0.1) is 0 Å². The molecule has 0 aliphatic heterocycles. The smallest absolute Gasteiger partial charge is 0.162 e. The first-order valence-corrected chi connectivity index (χ1v) is 6.23. The zero-order valence-electron chi connectivity index (χ0n) is 9.25. The van der Waals surface area contributed by atoms with Gasteiger partial charge in [0.15, 0.2) is 5.82 Å². The first-order valence-electron chi connectivity index (χ1n) is 5.01. The van der Waals surface area contributed by atoms with E-state index in [1.54, 1.807) is 24.5 Å². The van der Waals surface area contributed by atoms with Crippen LogP contribution < -0.4 is 4.72 Å². The predicted molar refractivity (Wildman–Crippen MR) is 70.0 cm³/mol. The van der Waals surface area contributed by atoms with Gasteiger partial charge in [0.1, 0.15) is 12.0 Å². The van der Waals surface area contributed by atoms with Gasteiger partial charge in [-0.2, -0.15) is 0 Å². The maximum Gasteiger partial charge on any atom is 0.162 e. The standard InChI is InChI=1S/C12H11N3OS/c1-17-15-12-11(13-6-7-14-12)10-4-2-9(8-16)3-5-10/h2-8H,1H3,(H,14,15). The molecule has 1 heterocycles. The van der Waals surface area contributed by atoms with Crippen LogP contribution in [0.2, 0.25) is 0 Å². The lowest BCUT2D eigenvalue weighted by molar-refractivity contribution is 0.112. The highest BCUT2D eigenvalue weighted by atomic mass is 32.2. The second-order valence-electron chi connectivity index (χ2n) is 3.30. The van der Waals surface area contributed by atoms with Gasteiger partial charge >= 0.3 is 0 Å². The molecule has 0 unspecified atom stereocenters. The van der Waals surface area contributed by atoms with E-state index in [9.17, 15) is 4.79 Å². The number of aromatic nitrogens is 2. The molecule has 4 nitrogen and oxygen atoms in total. The molecule has 0 atom stereocenters. The summed E-state index contributed by atoms with van der Waals surface area (Å²) in [6.45, 7) is 0. The van der Waals surface area contributed by atoms with Crippen LogP contribution in [0.5, 0.6) is 0 Å². The maximum atomic E-state index is 10.6. The highest BCUT2D eigenvalue weighted by Gasteiger charge is 2.06. The fourth-order valence-corrected chi connectivity index (χ4v) is 1.78. The van der Waals surface area contributed by atoms with Crippen LogP contribution in [0.15, 0.2) is 36.7 Å². The molecule has 2 rings (SSSR count). The van der Waals surface area contributed by atoms with Gasteiger partial charge < -0.3 is 4.72 Å². The third-order valence-corrected chi connectivity index (χ3v) is 2.61. The van der Waals surface area contributed by atoms with Crippen LogP contribution in [0.4, 0.5) is 5.82 Å². The lowest BCUT2D eigenvalue weighted by Crippen LogP contribution is -1.95. The van der Waals surface area contributed by atoms with Crippen LogP contribution in [0.3, 0.4) is 0 Å². The molecule has 1 aromatic carbocycles. The molecule has 0 aliphatic rings. The SMILES string of the molecule is CSNc1nccnc1-c1ccc(C=O)cc1. The van der Waals surface area contributed by atoms with Crippen molar-refractivity contribution < 1.29 is 4.79 Å². The summed E-state index contributed by atoms with van der Waals surface area (Å²) < 4.78 is 3.08. The molecule has 2 aromatic rings. The monoisotopic (exact) mass is 245 g/mol. The molecule has 0 amide bonds. The fourth-order valence-electron chi connectivity index (χ4n) is 1.44. The number of rotatable bonds is 4. The van der Waals surface area contributed by atoms with Gasteiger partial charge in [-0.15, -0.1) is 0 Å². The van der Waals surface area contributed by atoms with E-state index in [0.29, 0.717) is 5.56 Å². The van der Waals surface area contributed by atoms with E-state index in [2.05, 4.69) is 14.7 Å². The molecule has 0 bridgehead atoms. The van der Waals surface area contributed by atoms with Crippen molar-refractivity contribution in [3.8, 4) is 11.3 Å². The fraction of sp³-hybridized carbons (Fsp3) is 0.0833. The van der Waals surface area contributed by atoms with Gasteiger partial charge in [0.25, 0.3) is 0 Å². The third-order valence-electron chi connectivity index (χ3n) is 2.22. The molecule has 17 heavy (non-hydrogen) atoms. The molecule has 0 radical (unpaired) electrons. The normalized spacial score (nSPS) is 9.94. The molecular weight excluding hydrogens is 234 g/mol. The largest absolute Gasteiger partial charge is 0.313 e. The summed E-state index contributed by atoms with van der Waals surface area (Å²) in [5.41, 5.74) is 2.36. The number of hydrogen-bond acceptors (Lipinski definition) is 5. The highest BCUT2D eigenvalue weighted by Crippen LogP contribution is 2.24. The lowest BCUT2D eigenvalue weighted by atomic mass is 10.1. The second kappa shape index (κ2) is 5.45. The van der Waals surface area contributed by atoms with Crippen molar-refractivity contribution in [2.45, 2.75) is 0 Å². The van der Waals surface area contributed by atoms with Crippen molar-refractivity contribution in [3.05, 3.63) is 42.2 Å². The average Bonchev–Trinajstić information content (AvgIpc) is 2.40. The topological polar surface area (TPSA) is 54.9 Å². The Hall–Kier alpha value is -1.88. The Morgan fingerprint density at radius 2 is 1.88 bits per heavy atom. The van der Waals surface area contributed by atoms with Gasteiger partial charge in [0.2, 0.25) is 0 Å². The van der Waals surface area contributed by atoms with Crippen LogP contribution in [0.25, 0.3) is 11.3 Å². The molecule has 0 saturated carbocycles. The molecule has 86 valence electrons. The Morgan fingerprint density at radius 1 is 1.18 bits per heavy atom. The van der Waals surface area contributed by atoms with E-state index >= 15 is 0 Å². The summed E-state index contributed by atoms with van der Waals surface area (Å²) in [4.78, 5) is 19.1. The van der Waals surface area contributed by atoms with Crippen molar-refractivity contribution in [1.29, 1.82) is 0 Å². The Morgan fingerprint density at radius 3 is 2.53 bits per heavy atom. The second-order valence-corrected chi connectivity index (χ2v) is 3.91. The van der Waals surface area contributed by atoms with E-state index in [1.165, 1.54) is 11.9 Å². The van der Waals surface area contributed by atoms with E-state index in [1.807, 2.05) is 18.4 Å². The molecule has 0 fully saturated rings. The van der Waals surface area contributed by atoms with Gasteiger partial charge in [0, 0.05) is 29.8 Å². The van der Waals surface area contributed by atoms with Crippen molar-refractivity contribution in [1.82, 2.24) is 9.97 Å². The van der Waals surface area contributed by atoms with Crippen LogP contribution >= 0.6 is 11.9 Å². The lowest BCUT2D eigenvalue weighted by Gasteiger charge is -2.07. The summed E-state index contributed by atoms with van der Waals surface area (Å²) in [5, 5.41) is 0. The van der Waals surface area contributed by atoms with Crippen molar-refractivity contribution in [2.24, 2.45) is 0 Å². The Balaban J connectivity index is 2.40. The minimum Gasteiger partial charge on any atom is -0.313 e. The van der Waals surface area contributed by atoms with Gasteiger partial charge in [-0.3, -0.25) is 9.78 Å². The van der Waals surface area contributed by atoms with Crippen molar-refractivity contribution in [2.75, 3.05) is 11.0 Å². The summed E-state index contributed by atoms with van der Waals surface area (Å²) in [6.07, 6.45) is 6.03. The maximum absolute atomic E-state index is 10.6. The van der Waals surface area contributed by atoms with E-state index < -0.39 is 0 Å². The van der Waals surface area contributed by atoms with Crippen LogP contribution in [-0.4, -0.2) is 22.5 Å². The summed E-state index contributed by atoms with van der Waals surface area (Å²) in [6, 6.07) is 7.25. The molecule has 5 heteroatoms. The number of hydrogen-bond donors (Lipinski definition) is 1. The van der Waals surface area contributed by atoms with Gasteiger partial charge in [-0.1, -0.05) is 36.2 Å². The summed E-state index contributed by atoms with van der Waals surface area (Å²) >= 11 is 1.46. The molecule has 1 aromatic heterocycles. The Bertz CT molecular complexity index is 513. The number of aldehydes is 1. The van der Waals surface area contributed by atoms with Crippen molar-refractivity contribution >= 4 is 24.1 Å². The van der Waals surface area contributed by atoms with Crippen LogP contribution in [-0.2, 0) is 0 Å². The number of nitrogens with one attached hydrogen (secondary N) is 1. The van der Waals surface area contributed by atoms with E-state index in [4.69, 9.17) is 0 Å². The number of carbonyl (C=O) groups is 1. The first kappa shape index (κ1) is 11.6. The molecule has 0 spiro atoms. The Labute approximate surface area is 104 Å². The average molecular weight is 245 g/mol. The van der Waals surface area contributed by atoms with Gasteiger partial charge in [-0.25, -0.2) is 4.98 Å². The minimum absolute atomic E-state index is 0.650. The van der Waals surface area contributed by atoms with E-state index in [-0.39, 0.29) is 0 Å². The van der Waals surface area contributed by atoms with E-state index in [0.717, 1.165) is 23.4 Å². The quantitative estimate of drug-likeness (QED) is 0.663. The molecule has 1 N–H and O–H groups in total. The number of carbonyl (C=O) groups excluding carboxylic acids is 1. The molecule has 0 aliphatic carbocycles. The highest BCUT2D eigenvalue weighted by molar-refractivity contribution is 7.99. The summed E-state index contributed by atoms with van der Waals surface area (Å²) in [5.74, 6) is 0.721. The van der Waals surface area contributed by atoms with Gasteiger partial charge in [0.05, 0.1) is 0 Å². The Kier molecular flexibility index (Phi) is 3.72. The first-order chi connectivity index (χ1) is 8.35. The summed E-state index contributed by atoms with van der Waals surface area (Å²) in [7, 11) is 0. The van der Waals surface area contributed by atoms with Crippen LogP contribution in [0.1, 0.15) is 10.4 Å². The molecular formula is C12H11N3OS. The number of anilines is 1. The zero-order valence-corrected chi connectivity index (χ0v) is 10.1. The van der Waals surface area contributed by atoms with Gasteiger partial charge in [-0.05, 0) is 0 Å². The third kappa shape index (κ3) is 2.62. The predicted octanol–water partition coefficient (Wildman–Crippen LogP) is 2.65. The zero-order chi connectivity index (χ0) is 12.1. The van der Waals surface area contributed by atoms with Crippen molar-refractivity contribution in [3.63, 3.8) is 0 Å². The number of nitrogens with zero attached hydrogens (tertiary/aromatic N) is 2. The minimum atomic E-state index is 0.650. The molecule has 0 saturated heterocycles.